The standard InChI is InChI=1S/C22H33FN4O/c1-16(2)14-27-18(4)21(17(3)24-27)13-22(28)26(12-11-25(5)6)15-19-7-9-20(23)10-8-19/h7-10,16H,11-15H2,1-6H3. The Morgan fingerprint density at radius 1 is 1.14 bits per heavy atom. The Kier molecular flexibility index (Phi) is 7.75. The molecular weight excluding hydrogens is 355 g/mol. The van der Waals surface area contributed by atoms with Gasteiger partial charge in [-0.05, 0) is 51.6 Å². The van der Waals surface area contributed by atoms with Gasteiger partial charge in [0.25, 0.3) is 0 Å². The molecule has 6 heteroatoms. The first-order valence-electron chi connectivity index (χ1n) is 9.87. The molecule has 2 aromatic rings. The smallest absolute Gasteiger partial charge is 0.227 e. The maximum Gasteiger partial charge on any atom is 0.227 e. The first-order chi connectivity index (χ1) is 13.2. The fraction of sp³-hybridized carbons (Fsp3) is 0.545. The Morgan fingerprint density at radius 2 is 1.79 bits per heavy atom. The van der Waals surface area contributed by atoms with Crippen molar-refractivity contribution in [1.29, 1.82) is 0 Å². The first-order valence-corrected chi connectivity index (χ1v) is 9.87. The molecule has 0 saturated heterocycles. The monoisotopic (exact) mass is 388 g/mol. The van der Waals surface area contributed by atoms with Crippen LogP contribution in [-0.2, 0) is 24.3 Å². The summed E-state index contributed by atoms with van der Waals surface area (Å²) in [5.41, 5.74) is 3.92. The molecule has 0 spiro atoms. The van der Waals surface area contributed by atoms with Gasteiger partial charge in [-0.2, -0.15) is 5.10 Å². The number of carbonyl (C=O) groups is 1. The molecule has 1 aromatic carbocycles. The third-order valence-corrected chi connectivity index (χ3v) is 4.85. The van der Waals surface area contributed by atoms with Crippen molar-refractivity contribution in [2.75, 3.05) is 27.2 Å². The molecule has 0 aliphatic carbocycles. The molecule has 0 N–H and O–H groups in total. The van der Waals surface area contributed by atoms with E-state index in [-0.39, 0.29) is 11.7 Å². The summed E-state index contributed by atoms with van der Waals surface area (Å²) in [6.45, 7) is 11.1. The van der Waals surface area contributed by atoms with Crippen molar-refractivity contribution in [2.45, 2.75) is 47.2 Å². The van der Waals surface area contributed by atoms with Crippen LogP contribution in [0.1, 0.15) is 36.4 Å². The van der Waals surface area contributed by atoms with Gasteiger partial charge in [0.1, 0.15) is 5.82 Å². The third-order valence-electron chi connectivity index (χ3n) is 4.85. The van der Waals surface area contributed by atoms with E-state index in [4.69, 9.17) is 0 Å². The zero-order valence-corrected chi connectivity index (χ0v) is 18.0. The highest BCUT2D eigenvalue weighted by Crippen LogP contribution is 2.17. The number of aromatic nitrogens is 2. The minimum Gasteiger partial charge on any atom is -0.337 e. The van der Waals surface area contributed by atoms with Gasteiger partial charge >= 0.3 is 0 Å². The van der Waals surface area contributed by atoms with Crippen molar-refractivity contribution in [3.05, 3.63) is 52.6 Å². The number of benzene rings is 1. The molecule has 5 nitrogen and oxygen atoms in total. The van der Waals surface area contributed by atoms with Gasteiger partial charge in [-0.3, -0.25) is 9.48 Å². The summed E-state index contributed by atoms with van der Waals surface area (Å²) < 4.78 is 15.2. The Labute approximate surface area is 168 Å². The second kappa shape index (κ2) is 9.82. The highest BCUT2D eigenvalue weighted by molar-refractivity contribution is 5.79. The molecule has 0 bridgehead atoms. The van der Waals surface area contributed by atoms with Gasteiger partial charge in [-0.25, -0.2) is 4.39 Å². The molecule has 0 saturated carbocycles. The van der Waals surface area contributed by atoms with Crippen LogP contribution in [0.2, 0.25) is 0 Å². The van der Waals surface area contributed by atoms with Gasteiger partial charge in [-0.1, -0.05) is 26.0 Å². The lowest BCUT2D eigenvalue weighted by Crippen LogP contribution is -2.37. The Balaban J connectivity index is 2.17. The Bertz CT molecular complexity index is 781. The topological polar surface area (TPSA) is 41.4 Å². The summed E-state index contributed by atoms with van der Waals surface area (Å²) in [7, 11) is 3.98. The van der Waals surface area contributed by atoms with Gasteiger partial charge in [0, 0.05) is 37.4 Å². The van der Waals surface area contributed by atoms with Gasteiger partial charge in [0.2, 0.25) is 5.91 Å². The van der Waals surface area contributed by atoms with E-state index in [0.717, 1.165) is 35.6 Å². The lowest BCUT2D eigenvalue weighted by molar-refractivity contribution is -0.131. The number of amides is 1. The average Bonchev–Trinajstić information content (AvgIpc) is 2.86. The quantitative estimate of drug-likeness (QED) is 0.661. The summed E-state index contributed by atoms with van der Waals surface area (Å²) >= 11 is 0. The Morgan fingerprint density at radius 3 is 2.36 bits per heavy atom. The summed E-state index contributed by atoms with van der Waals surface area (Å²) in [5.74, 6) is 0.303. The molecule has 1 amide bonds. The van der Waals surface area contributed by atoms with E-state index in [1.54, 1.807) is 12.1 Å². The number of carbonyl (C=O) groups excluding carboxylic acids is 1. The molecular formula is C22H33FN4O. The minimum atomic E-state index is -0.265. The first kappa shape index (κ1) is 22.1. The second-order valence-corrected chi connectivity index (χ2v) is 8.15. The highest BCUT2D eigenvalue weighted by Gasteiger charge is 2.20. The van der Waals surface area contributed by atoms with Crippen LogP contribution < -0.4 is 0 Å². The van der Waals surface area contributed by atoms with Gasteiger partial charge in [0.05, 0.1) is 12.1 Å². The van der Waals surface area contributed by atoms with Crippen molar-refractivity contribution < 1.29 is 9.18 Å². The maximum absolute atomic E-state index is 13.2. The molecule has 1 aromatic heterocycles. The summed E-state index contributed by atoms with van der Waals surface area (Å²) in [6.07, 6.45) is 0.338. The zero-order chi connectivity index (χ0) is 20.8. The van der Waals surface area contributed by atoms with E-state index in [2.05, 4.69) is 23.8 Å². The molecule has 0 aliphatic heterocycles. The van der Waals surface area contributed by atoms with E-state index >= 15 is 0 Å². The fourth-order valence-corrected chi connectivity index (χ4v) is 3.20. The van der Waals surface area contributed by atoms with Gasteiger partial charge < -0.3 is 9.80 Å². The van der Waals surface area contributed by atoms with Crippen molar-refractivity contribution in [1.82, 2.24) is 19.6 Å². The molecule has 0 atom stereocenters. The molecule has 154 valence electrons. The van der Waals surface area contributed by atoms with E-state index in [1.807, 2.05) is 37.5 Å². The van der Waals surface area contributed by atoms with Crippen LogP contribution in [0.4, 0.5) is 4.39 Å². The minimum absolute atomic E-state index is 0.0708. The maximum atomic E-state index is 13.2. The lowest BCUT2D eigenvalue weighted by atomic mass is 10.1. The van der Waals surface area contributed by atoms with Gasteiger partial charge in [-0.15, -0.1) is 0 Å². The van der Waals surface area contributed by atoms with Crippen LogP contribution in [0.3, 0.4) is 0 Å². The molecule has 0 fully saturated rings. The van der Waals surface area contributed by atoms with E-state index < -0.39 is 0 Å². The summed E-state index contributed by atoms with van der Waals surface area (Å²) in [6, 6.07) is 6.35. The van der Waals surface area contributed by atoms with E-state index in [1.165, 1.54) is 12.1 Å². The zero-order valence-electron chi connectivity index (χ0n) is 18.0. The number of hydrogen-bond donors (Lipinski definition) is 0. The van der Waals surface area contributed by atoms with Crippen LogP contribution >= 0.6 is 0 Å². The van der Waals surface area contributed by atoms with Crippen molar-refractivity contribution in [3.8, 4) is 0 Å². The van der Waals surface area contributed by atoms with Crippen molar-refractivity contribution in [3.63, 3.8) is 0 Å². The number of nitrogens with zero attached hydrogens (tertiary/aromatic N) is 4. The molecule has 0 aliphatic rings. The number of hydrogen-bond acceptors (Lipinski definition) is 3. The van der Waals surface area contributed by atoms with Crippen LogP contribution in [0.25, 0.3) is 0 Å². The van der Waals surface area contributed by atoms with Crippen LogP contribution in [0.15, 0.2) is 24.3 Å². The normalized spacial score (nSPS) is 11.5. The van der Waals surface area contributed by atoms with Gasteiger partial charge in [0.15, 0.2) is 0 Å². The SMILES string of the molecule is Cc1nn(CC(C)C)c(C)c1CC(=O)N(CCN(C)C)Cc1ccc(F)cc1. The largest absolute Gasteiger partial charge is 0.337 e. The molecule has 1 heterocycles. The molecule has 0 unspecified atom stereocenters. The van der Waals surface area contributed by atoms with Crippen LogP contribution in [0, 0.1) is 25.6 Å². The average molecular weight is 389 g/mol. The second-order valence-electron chi connectivity index (χ2n) is 8.15. The summed E-state index contributed by atoms with van der Waals surface area (Å²) in [4.78, 5) is 17.0. The third kappa shape index (κ3) is 6.16. The lowest BCUT2D eigenvalue weighted by Gasteiger charge is -2.25. The fourth-order valence-electron chi connectivity index (χ4n) is 3.20. The molecule has 0 radical (unpaired) electrons. The predicted octanol–water partition coefficient (Wildman–Crippen LogP) is 3.43. The molecule has 2 rings (SSSR count). The summed E-state index contributed by atoms with van der Waals surface area (Å²) in [5, 5.41) is 4.63. The van der Waals surface area contributed by atoms with E-state index in [0.29, 0.717) is 25.4 Å². The number of aryl methyl sites for hydroxylation is 1. The highest BCUT2D eigenvalue weighted by atomic mass is 19.1. The van der Waals surface area contributed by atoms with Crippen LogP contribution in [-0.4, -0.2) is 52.7 Å². The molecule has 28 heavy (non-hydrogen) atoms. The van der Waals surface area contributed by atoms with E-state index in [9.17, 15) is 9.18 Å². The predicted molar refractivity (Wildman–Crippen MR) is 111 cm³/mol. The Hall–Kier alpha value is -2.21. The van der Waals surface area contributed by atoms with Crippen molar-refractivity contribution >= 4 is 5.91 Å². The number of rotatable bonds is 9. The van der Waals surface area contributed by atoms with Crippen LogP contribution in [0.5, 0.6) is 0 Å². The number of likely N-dealkylation sites (N-methyl/N-ethyl adjacent to an activating group) is 1. The van der Waals surface area contributed by atoms with Crippen molar-refractivity contribution in [2.24, 2.45) is 5.92 Å². The number of halogens is 1.